The molecule has 0 N–H and O–H groups in total. The molecule has 0 amide bonds. The van der Waals surface area contributed by atoms with E-state index in [1.807, 2.05) is 0 Å². The first kappa shape index (κ1) is 16.8. The summed E-state index contributed by atoms with van der Waals surface area (Å²) in [5, 5.41) is 3.48. The number of hydrogen-bond acceptors (Lipinski definition) is 5. The molecule has 1 saturated heterocycles. The molecule has 0 aliphatic carbocycles. The van der Waals surface area contributed by atoms with Crippen LogP contribution in [0.2, 0.25) is 0 Å². The number of cyclic esters (lactones) is 1. The Morgan fingerprint density at radius 1 is 1.30 bits per heavy atom. The second-order valence-electron chi connectivity index (χ2n) is 4.74. The monoisotopic (exact) mass is 285 g/mol. The van der Waals surface area contributed by atoms with Crippen molar-refractivity contribution in [1.82, 2.24) is 0 Å². The highest BCUT2D eigenvalue weighted by Crippen LogP contribution is 2.23. The fourth-order valence-electron chi connectivity index (χ4n) is 1.93. The number of rotatable bonds is 10. The summed E-state index contributed by atoms with van der Waals surface area (Å²) >= 11 is 0. The van der Waals surface area contributed by atoms with E-state index in [0.717, 1.165) is 25.7 Å². The molecule has 0 aromatic carbocycles. The molecule has 0 aromatic heterocycles. The second kappa shape index (κ2) is 9.58. The topological polar surface area (TPSA) is 93.5 Å². The molecule has 0 saturated carbocycles. The van der Waals surface area contributed by atoms with Crippen LogP contribution in [0.4, 0.5) is 0 Å². The molecular formula is C13H23N3O4. The third kappa shape index (κ3) is 5.00. The van der Waals surface area contributed by atoms with E-state index in [2.05, 4.69) is 23.9 Å². The smallest absolute Gasteiger partial charge is 0.318 e. The van der Waals surface area contributed by atoms with Crippen LogP contribution < -0.4 is 0 Å². The molecule has 0 unspecified atom stereocenters. The maximum absolute atomic E-state index is 11.7. The van der Waals surface area contributed by atoms with Gasteiger partial charge in [0.1, 0.15) is 6.10 Å². The Bertz CT molecular complexity index is 345. The highest BCUT2D eigenvalue weighted by molar-refractivity contribution is 5.79. The van der Waals surface area contributed by atoms with Gasteiger partial charge < -0.3 is 14.2 Å². The zero-order valence-corrected chi connectivity index (χ0v) is 12.2. The molecule has 0 radical (unpaired) electrons. The van der Waals surface area contributed by atoms with E-state index in [1.54, 1.807) is 0 Å². The van der Waals surface area contributed by atoms with Gasteiger partial charge in [0.15, 0.2) is 12.1 Å². The number of nitrogens with zero attached hydrogens (tertiary/aromatic N) is 3. The quantitative estimate of drug-likeness (QED) is 0.203. The van der Waals surface area contributed by atoms with Crippen molar-refractivity contribution >= 4 is 5.97 Å². The summed E-state index contributed by atoms with van der Waals surface area (Å²) in [6.07, 6.45) is 2.84. The van der Waals surface area contributed by atoms with Crippen molar-refractivity contribution in [1.29, 1.82) is 0 Å². The molecule has 1 fully saturated rings. The van der Waals surface area contributed by atoms with Crippen LogP contribution in [0.15, 0.2) is 5.11 Å². The van der Waals surface area contributed by atoms with Crippen molar-refractivity contribution in [2.75, 3.05) is 19.8 Å². The molecule has 3 atom stereocenters. The van der Waals surface area contributed by atoms with E-state index in [9.17, 15) is 4.79 Å². The summed E-state index contributed by atoms with van der Waals surface area (Å²) in [6.45, 7) is 5.54. The molecule has 0 bridgehead atoms. The Kier molecular flexibility index (Phi) is 8.02. The van der Waals surface area contributed by atoms with Crippen LogP contribution in [-0.4, -0.2) is 44.0 Å². The SMILES string of the molecule is CCCCOC[C@H]1OC(=O)[C@H](N=[N+]=[N-])[C@@H]1OCCCC. The number of azide groups is 1. The van der Waals surface area contributed by atoms with Gasteiger partial charge in [-0.1, -0.05) is 31.8 Å². The van der Waals surface area contributed by atoms with E-state index in [0.29, 0.717) is 13.2 Å². The van der Waals surface area contributed by atoms with Crippen LogP contribution in [0, 0.1) is 0 Å². The Morgan fingerprint density at radius 2 is 2.00 bits per heavy atom. The van der Waals surface area contributed by atoms with E-state index in [-0.39, 0.29) is 6.61 Å². The summed E-state index contributed by atoms with van der Waals surface area (Å²) < 4.78 is 16.3. The van der Waals surface area contributed by atoms with Gasteiger partial charge in [-0.3, -0.25) is 4.79 Å². The molecule has 1 rings (SSSR count). The molecule has 7 heteroatoms. The normalized spacial score (nSPS) is 25.3. The first-order valence-electron chi connectivity index (χ1n) is 7.18. The lowest BCUT2D eigenvalue weighted by Gasteiger charge is -2.19. The number of carbonyl (C=O) groups excluding carboxylic acids is 1. The third-order valence-electron chi connectivity index (χ3n) is 3.10. The van der Waals surface area contributed by atoms with E-state index >= 15 is 0 Å². The Morgan fingerprint density at radius 3 is 2.65 bits per heavy atom. The molecule has 1 aliphatic heterocycles. The van der Waals surface area contributed by atoms with Gasteiger partial charge in [0.25, 0.3) is 0 Å². The van der Waals surface area contributed by atoms with Crippen LogP contribution in [0.25, 0.3) is 10.4 Å². The largest absolute Gasteiger partial charge is 0.457 e. The minimum atomic E-state index is -0.906. The molecule has 114 valence electrons. The maximum atomic E-state index is 11.7. The summed E-state index contributed by atoms with van der Waals surface area (Å²) in [4.78, 5) is 14.4. The van der Waals surface area contributed by atoms with E-state index in [1.165, 1.54) is 0 Å². The van der Waals surface area contributed by atoms with Crippen molar-refractivity contribution in [2.24, 2.45) is 5.11 Å². The van der Waals surface area contributed by atoms with Crippen LogP contribution in [0.1, 0.15) is 39.5 Å². The van der Waals surface area contributed by atoms with Crippen molar-refractivity contribution in [3.8, 4) is 0 Å². The number of esters is 1. The van der Waals surface area contributed by atoms with Crippen molar-refractivity contribution in [3.63, 3.8) is 0 Å². The van der Waals surface area contributed by atoms with Crippen molar-refractivity contribution in [2.45, 2.75) is 57.8 Å². The fraction of sp³-hybridized carbons (Fsp3) is 0.923. The number of carbonyl (C=O) groups is 1. The van der Waals surface area contributed by atoms with Gasteiger partial charge >= 0.3 is 5.97 Å². The van der Waals surface area contributed by atoms with Gasteiger partial charge in [-0.2, -0.15) is 0 Å². The third-order valence-corrected chi connectivity index (χ3v) is 3.10. The number of ether oxygens (including phenoxy) is 3. The van der Waals surface area contributed by atoms with E-state index < -0.39 is 24.2 Å². The summed E-state index contributed by atoms with van der Waals surface area (Å²) in [5.41, 5.74) is 8.53. The minimum absolute atomic E-state index is 0.278. The first-order chi connectivity index (χ1) is 9.74. The average molecular weight is 285 g/mol. The van der Waals surface area contributed by atoms with Gasteiger partial charge in [-0.25, -0.2) is 0 Å². The van der Waals surface area contributed by atoms with Crippen molar-refractivity contribution in [3.05, 3.63) is 10.4 Å². The number of hydrogen-bond donors (Lipinski definition) is 0. The van der Waals surface area contributed by atoms with Gasteiger partial charge in [-0.05, 0) is 18.4 Å². The predicted molar refractivity (Wildman–Crippen MR) is 73.2 cm³/mol. The van der Waals surface area contributed by atoms with Gasteiger partial charge in [0.2, 0.25) is 0 Å². The zero-order valence-electron chi connectivity index (χ0n) is 12.2. The Balaban J connectivity index is 2.55. The lowest BCUT2D eigenvalue weighted by atomic mass is 10.1. The van der Waals surface area contributed by atoms with Gasteiger partial charge in [-0.15, -0.1) is 0 Å². The zero-order chi connectivity index (χ0) is 14.8. The molecule has 1 heterocycles. The van der Waals surface area contributed by atoms with Crippen molar-refractivity contribution < 1.29 is 19.0 Å². The highest BCUT2D eigenvalue weighted by Gasteiger charge is 2.45. The molecule has 0 spiro atoms. The van der Waals surface area contributed by atoms with Crippen LogP contribution in [-0.2, 0) is 19.0 Å². The molecular weight excluding hydrogens is 262 g/mol. The molecule has 1 aliphatic rings. The van der Waals surface area contributed by atoms with Gasteiger partial charge in [0, 0.05) is 18.1 Å². The minimum Gasteiger partial charge on any atom is -0.457 e. The summed E-state index contributed by atoms with van der Waals surface area (Å²) in [7, 11) is 0. The second-order valence-corrected chi connectivity index (χ2v) is 4.74. The van der Waals surface area contributed by atoms with Crippen LogP contribution in [0.5, 0.6) is 0 Å². The summed E-state index contributed by atoms with van der Waals surface area (Å²) in [5.74, 6) is -0.534. The van der Waals surface area contributed by atoms with Crippen LogP contribution in [0.3, 0.4) is 0 Å². The molecule has 0 aromatic rings. The van der Waals surface area contributed by atoms with E-state index in [4.69, 9.17) is 19.7 Å². The number of unbranched alkanes of at least 4 members (excludes halogenated alkanes) is 2. The lowest BCUT2D eigenvalue weighted by molar-refractivity contribution is -0.145. The fourth-order valence-corrected chi connectivity index (χ4v) is 1.93. The average Bonchev–Trinajstić information content (AvgIpc) is 2.73. The predicted octanol–water partition coefficient (Wildman–Crippen LogP) is 2.59. The standard InChI is InChI=1S/C13H23N3O4/c1-3-5-7-18-9-10-12(19-8-6-4-2)11(15-16-14)13(17)20-10/h10-12H,3-9H2,1-2H3/t10-,11-,12-/m1/s1. The van der Waals surface area contributed by atoms with Crippen LogP contribution >= 0.6 is 0 Å². The Labute approximate surface area is 119 Å². The highest BCUT2D eigenvalue weighted by atomic mass is 16.6. The summed E-state index contributed by atoms with van der Waals surface area (Å²) in [6, 6.07) is -0.906. The Hall–Kier alpha value is -1.30. The van der Waals surface area contributed by atoms with Gasteiger partial charge in [0.05, 0.1) is 6.61 Å². The first-order valence-corrected chi connectivity index (χ1v) is 7.18. The maximum Gasteiger partial charge on any atom is 0.318 e. The lowest BCUT2D eigenvalue weighted by Crippen LogP contribution is -2.36. The molecule has 20 heavy (non-hydrogen) atoms. The molecule has 7 nitrogen and oxygen atoms in total.